The summed E-state index contributed by atoms with van der Waals surface area (Å²) in [5.74, 6) is 0.668. The van der Waals surface area contributed by atoms with Crippen molar-refractivity contribution in [3.63, 3.8) is 0 Å². The first-order valence-corrected chi connectivity index (χ1v) is 7.24. The molecule has 1 heterocycles. The SMILES string of the molecule is COc1cc(CN2CCOC3CCCC32)ccc1C#N. The molecule has 1 aliphatic carbocycles. The Morgan fingerprint density at radius 2 is 2.35 bits per heavy atom. The highest BCUT2D eigenvalue weighted by Crippen LogP contribution is 2.31. The second-order valence-corrected chi connectivity index (χ2v) is 5.52. The molecule has 0 N–H and O–H groups in total. The Morgan fingerprint density at radius 1 is 1.45 bits per heavy atom. The summed E-state index contributed by atoms with van der Waals surface area (Å²) in [5, 5.41) is 9.03. The molecule has 2 aliphatic rings. The normalized spacial score (nSPS) is 26.0. The number of rotatable bonds is 3. The van der Waals surface area contributed by atoms with E-state index in [9.17, 15) is 0 Å². The van der Waals surface area contributed by atoms with Gasteiger partial charge in [0.2, 0.25) is 0 Å². The minimum Gasteiger partial charge on any atom is -0.495 e. The van der Waals surface area contributed by atoms with Gasteiger partial charge in [0.05, 0.1) is 25.4 Å². The molecule has 0 aromatic heterocycles. The van der Waals surface area contributed by atoms with E-state index >= 15 is 0 Å². The Bertz CT molecular complexity index is 524. The van der Waals surface area contributed by atoms with Gasteiger partial charge < -0.3 is 9.47 Å². The molecule has 1 aromatic rings. The smallest absolute Gasteiger partial charge is 0.136 e. The fourth-order valence-corrected chi connectivity index (χ4v) is 3.36. The molecule has 2 atom stereocenters. The molecular weight excluding hydrogens is 252 g/mol. The van der Waals surface area contributed by atoms with Gasteiger partial charge in [-0.15, -0.1) is 0 Å². The molecule has 1 saturated heterocycles. The topological polar surface area (TPSA) is 45.5 Å². The van der Waals surface area contributed by atoms with E-state index < -0.39 is 0 Å². The van der Waals surface area contributed by atoms with Crippen LogP contribution >= 0.6 is 0 Å². The summed E-state index contributed by atoms with van der Waals surface area (Å²) in [4.78, 5) is 2.52. The second-order valence-electron chi connectivity index (χ2n) is 5.52. The van der Waals surface area contributed by atoms with Crippen molar-refractivity contribution in [1.29, 1.82) is 5.26 Å². The quantitative estimate of drug-likeness (QED) is 0.847. The molecule has 2 unspecified atom stereocenters. The molecule has 4 nitrogen and oxygen atoms in total. The highest BCUT2D eigenvalue weighted by atomic mass is 16.5. The van der Waals surface area contributed by atoms with Gasteiger partial charge in [-0.2, -0.15) is 5.26 Å². The number of hydrogen-bond donors (Lipinski definition) is 0. The van der Waals surface area contributed by atoms with E-state index in [0.717, 1.165) is 19.7 Å². The molecular formula is C16H20N2O2. The van der Waals surface area contributed by atoms with Crippen LogP contribution in [0.25, 0.3) is 0 Å². The van der Waals surface area contributed by atoms with Gasteiger partial charge >= 0.3 is 0 Å². The van der Waals surface area contributed by atoms with Gasteiger partial charge in [0.15, 0.2) is 0 Å². The molecule has 106 valence electrons. The van der Waals surface area contributed by atoms with Crippen LogP contribution in [0.1, 0.15) is 30.4 Å². The third-order valence-corrected chi connectivity index (χ3v) is 4.37. The first kappa shape index (κ1) is 13.4. The van der Waals surface area contributed by atoms with Gasteiger partial charge in [0, 0.05) is 19.1 Å². The standard InChI is InChI=1S/C16H20N2O2/c1-19-16-9-12(5-6-13(16)10-17)11-18-7-8-20-15-4-2-3-14(15)18/h5-6,9,14-15H,2-4,7-8,11H2,1H3. The van der Waals surface area contributed by atoms with Crippen LogP contribution in [0.3, 0.4) is 0 Å². The van der Waals surface area contributed by atoms with Crippen LogP contribution in [0, 0.1) is 11.3 Å². The molecule has 0 spiro atoms. The van der Waals surface area contributed by atoms with Crippen LogP contribution in [-0.2, 0) is 11.3 Å². The fourth-order valence-electron chi connectivity index (χ4n) is 3.36. The van der Waals surface area contributed by atoms with E-state index in [1.54, 1.807) is 7.11 Å². The van der Waals surface area contributed by atoms with Crippen molar-refractivity contribution in [1.82, 2.24) is 4.90 Å². The van der Waals surface area contributed by atoms with Gasteiger partial charge in [-0.3, -0.25) is 4.90 Å². The predicted molar refractivity (Wildman–Crippen MR) is 75.5 cm³/mol. The van der Waals surface area contributed by atoms with Gasteiger partial charge in [0.1, 0.15) is 11.8 Å². The van der Waals surface area contributed by atoms with Crippen molar-refractivity contribution in [3.8, 4) is 11.8 Å². The highest BCUT2D eigenvalue weighted by Gasteiger charge is 2.35. The second kappa shape index (κ2) is 5.82. The number of fused-ring (bicyclic) bond motifs is 1. The Balaban J connectivity index is 1.75. The molecule has 0 bridgehead atoms. The average molecular weight is 272 g/mol. The number of nitriles is 1. The maximum Gasteiger partial charge on any atom is 0.136 e. The van der Waals surface area contributed by atoms with Crippen LogP contribution in [-0.4, -0.2) is 37.3 Å². The molecule has 4 heteroatoms. The zero-order valence-corrected chi connectivity index (χ0v) is 11.8. The summed E-state index contributed by atoms with van der Waals surface area (Å²) in [6.45, 7) is 2.73. The van der Waals surface area contributed by atoms with E-state index in [2.05, 4.69) is 11.0 Å². The summed E-state index contributed by atoms with van der Waals surface area (Å²) in [5.41, 5.74) is 1.80. The third kappa shape index (κ3) is 2.52. The van der Waals surface area contributed by atoms with Crippen molar-refractivity contribution in [2.45, 2.75) is 38.0 Å². The Labute approximate surface area is 119 Å². The van der Waals surface area contributed by atoms with Crippen LogP contribution in [0.15, 0.2) is 18.2 Å². The van der Waals surface area contributed by atoms with Gasteiger partial charge in [-0.25, -0.2) is 0 Å². The zero-order chi connectivity index (χ0) is 13.9. The number of ether oxygens (including phenoxy) is 2. The molecule has 1 aromatic carbocycles. The van der Waals surface area contributed by atoms with Crippen molar-refractivity contribution in [2.75, 3.05) is 20.3 Å². The fraction of sp³-hybridized carbons (Fsp3) is 0.562. The zero-order valence-electron chi connectivity index (χ0n) is 11.8. The van der Waals surface area contributed by atoms with Crippen LogP contribution < -0.4 is 4.74 Å². The lowest BCUT2D eigenvalue weighted by Crippen LogP contribution is -2.47. The number of hydrogen-bond acceptors (Lipinski definition) is 4. The van der Waals surface area contributed by atoms with E-state index in [1.165, 1.54) is 24.8 Å². The van der Waals surface area contributed by atoms with Crippen molar-refractivity contribution in [3.05, 3.63) is 29.3 Å². The number of nitrogens with zero attached hydrogens (tertiary/aromatic N) is 2. The average Bonchev–Trinajstić information content (AvgIpc) is 2.96. The Kier molecular flexibility index (Phi) is 3.90. The first-order chi connectivity index (χ1) is 9.81. The highest BCUT2D eigenvalue weighted by molar-refractivity contribution is 5.45. The first-order valence-electron chi connectivity index (χ1n) is 7.24. The van der Waals surface area contributed by atoms with Crippen LogP contribution in [0.5, 0.6) is 5.75 Å². The largest absolute Gasteiger partial charge is 0.495 e. The minimum absolute atomic E-state index is 0.420. The van der Waals surface area contributed by atoms with E-state index in [0.29, 0.717) is 23.5 Å². The summed E-state index contributed by atoms with van der Waals surface area (Å²) in [6.07, 6.45) is 4.11. The summed E-state index contributed by atoms with van der Waals surface area (Å²) in [6, 6.07) is 8.58. The van der Waals surface area contributed by atoms with E-state index in [-0.39, 0.29) is 0 Å². The monoisotopic (exact) mass is 272 g/mol. The lowest BCUT2D eigenvalue weighted by Gasteiger charge is -2.37. The molecule has 1 saturated carbocycles. The lowest BCUT2D eigenvalue weighted by atomic mass is 10.1. The van der Waals surface area contributed by atoms with Crippen molar-refractivity contribution >= 4 is 0 Å². The predicted octanol–water partition coefficient (Wildman–Crippen LogP) is 2.32. The van der Waals surface area contributed by atoms with Gasteiger partial charge in [0.25, 0.3) is 0 Å². The molecule has 2 fully saturated rings. The summed E-state index contributed by atoms with van der Waals surface area (Å²) in [7, 11) is 1.61. The Hall–Kier alpha value is -1.57. The van der Waals surface area contributed by atoms with Gasteiger partial charge in [-0.05, 0) is 37.0 Å². The van der Waals surface area contributed by atoms with Crippen molar-refractivity contribution in [2.24, 2.45) is 0 Å². The minimum atomic E-state index is 0.420. The molecule has 1 aliphatic heterocycles. The van der Waals surface area contributed by atoms with Crippen LogP contribution in [0.4, 0.5) is 0 Å². The van der Waals surface area contributed by atoms with Crippen molar-refractivity contribution < 1.29 is 9.47 Å². The Morgan fingerprint density at radius 3 is 3.15 bits per heavy atom. The molecule has 20 heavy (non-hydrogen) atoms. The van der Waals surface area contributed by atoms with E-state index in [4.69, 9.17) is 14.7 Å². The molecule has 0 radical (unpaired) electrons. The van der Waals surface area contributed by atoms with Crippen LogP contribution in [0.2, 0.25) is 0 Å². The summed E-state index contributed by atoms with van der Waals surface area (Å²) < 4.78 is 11.1. The molecule has 0 amide bonds. The van der Waals surface area contributed by atoms with E-state index in [1.807, 2.05) is 18.2 Å². The lowest BCUT2D eigenvalue weighted by molar-refractivity contribution is -0.0588. The maximum atomic E-state index is 9.03. The number of morpholine rings is 1. The maximum absolute atomic E-state index is 9.03. The summed E-state index contributed by atoms with van der Waals surface area (Å²) >= 11 is 0. The van der Waals surface area contributed by atoms with Gasteiger partial charge in [-0.1, -0.05) is 6.07 Å². The number of methoxy groups -OCH3 is 1. The molecule has 3 rings (SSSR count). The number of benzene rings is 1. The third-order valence-electron chi connectivity index (χ3n) is 4.37.